The SMILES string of the molecule is CC(O/C([O-])=N/c1nc2c(c(=O)[nH]1)n(C)c[n+]2[C@@H]1O[C@H](COP(C)(=O)OP(C)(=O)O)[C@H](O)C1O)c1ccccc1[N+](=O)[O-]. The third-order valence-electron chi connectivity index (χ3n) is 6.19. The minimum absolute atomic E-state index is 0.0290. The Bertz CT molecular complexity index is 1720. The number of aliphatic hydroxyl groups is 2. The molecule has 234 valence electrons. The van der Waals surface area contributed by atoms with Crippen molar-refractivity contribution in [1.82, 2.24) is 14.5 Å². The third kappa shape index (κ3) is 7.34. The van der Waals surface area contributed by atoms with Crippen LogP contribution in [0.2, 0.25) is 0 Å². The molecular weight excluding hydrogens is 618 g/mol. The highest BCUT2D eigenvalue weighted by Gasteiger charge is 2.48. The Morgan fingerprint density at radius 2 is 1.98 bits per heavy atom. The van der Waals surface area contributed by atoms with Gasteiger partial charge in [-0.15, -0.1) is 0 Å². The molecule has 4 rings (SSSR count). The lowest BCUT2D eigenvalue weighted by atomic mass is 10.1. The Kier molecular flexibility index (Phi) is 9.20. The van der Waals surface area contributed by atoms with E-state index in [1.165, 1.54) is 53.7 Å². The number of nitro benzene ring substituents is 1. The van der Waals surface area contributed by atoms with Gasteiger partial charge in [-0.2, -0.15) is 4.99 Å². The van der Waals surface area contributed by atoms with Crippen molar-refractivity contribution >= 4 is 44.1 Å². The molecule has 3 aromatic rings. The number of hydrogen-bond acceptors (Lipinski definition) is 14. The maximum atomic E-state index is 12.9. The number of para-hydroxylation sites is 1. The lowest BCUT2D eigenvalue weighted by molar-refractivity contribution is -0.745. The molecule has 21 heteroatoms. The zero-order chi connectivity index (χ0) is 31.9. The van der Waals surface area contributed by atoms with Crippen molar-refractivity contribution in [2.75, 3.05) is 19.9 Å². The number of nitro groups is 1. The predicted octanol–water partition coefficient (Wildman–Crippen LogP) is -0.127. The van der Waals surface area contributed by atoms with Crippen LogP contribution >= 0.6 is 15.2 Å². The zero-order valence-electron chi connectivity index (χ0n) is 23.0. The Morgan fingerprint density at radius 3 is 2.63 bits per heavy atom. The summed E-state index contributed by atoms with van der Waals surface area (Å²) in [5.41, 5.74) is -1.05. The Labute approximate surface area is 242 Å². The van der Waals surface area contributed by atoms with Crippen LogP contribution in [0, 0.1) is 10.1 Å². The van der Waals surface area contributed by atoms with Gasteiger partial charge in [0.15, 0.2) is 12.4 Å². The number of ether oxygens (including phenoxy) is 2. The van der Waals surface area contributed by atoms with Gasteiger partial charge in [0.25, 0.3) is 11.2 Å². The summed E-state index contributed by atoms with van der Waals surface area (Å²) >= 11 is 0. The van der Waals surface area contributed by atoms with E-state index in [-0.39, 0.29) is 22.4 Å². The van der Waals surface area contributed by atoms with Crippen molar-refractivity contribution in [1.29, 1.82) is 0 Å². The van der Waals surface area contributed by atoms with Crippen LogP contribution in [0.25, 0.3) is 11.2 Å². The fourth-order valence-corrected chi connectivity index (χ4v) is 7.22. The van der Waals surface area contributed by atoms with Gasteiger partial charge in [-0.1, -0.05) is 23.2 Å². The standard InChI is InChI=1S/C22H28N6O13P2/c1-11(12-7-5-6-8-13(12)28(33)34)39-22(32)25-21-23-18-15(19(31)24-21)26(2)10-27(18)20-17(30)16(29)14(40-20)9-38-43(4,37)41-42(3,35)36/h5-8,10-11,14,16-17,20,29-30H,9H2,1-4H3,(H2-,23,24,25,31,32,35,36)/t11?,14-,16+,17?,20-,43?/m1/s1. The van der Waals surface area contributed by atoms with Gasteiger partial charge in [-0.25, -0.2) is 8.88 Å². The molecule has 0 saturated carbocycles. The van der Waals surface area contributed by atoms with Gasteiger partial charge >= 0.3 is 26.8 Å². The van der Waals surface area contributed by atoms with E-state index in [1.807, 2.05) is 0 Å². The van der Waals surface area contributed by atoms with E-state index in [1.54, 1.807) is 0 Å². The van der Waals surface area contributed by atoms with Crippen molar-refractivity contribution in [3.05, 3.63) is 56.6 Å². The zero-order valence-corrected chi connectivity index (χ0v) is 24.8. The van der Waals surface area contributed by atoms with Crippen molar-refractivity contribution in [2.24, 2.45) is 12.0 Å². The number of aliphatic imine (C=N–C) groups is 1. The fourth-order valence-electron chi connectivity index (χ4n) is 4.41. The third-order valence-corrected chi connectivity index (χ3v) is 9.21. The number of aliphatic hydroxyl groups excluding tert-OH is 2. The van der Waals surface area contributed by atoms with Gasteiger partial charge < -0.3 is 34.2 Å². The number of nitrogens with zero attached hydrogens (tertiary/aromatic N) is 5. The van der Waals surface area contributed by atoms with Crippen LogP contribution in [-0.2, 0) is 34.5 Å². The second-order valence-electron chi connectivity index (χ2n) is 9.65. The summed E-state index contributed by atoms with van der Waals surface area (Å²) in [6.45, 7) is 2.56. The van der Waals surface area contributed by atoms with E-state index in [0.29, 0.717) is 0 Å². The fraction of sp³-hybridized carbons (Fsp3) is 0.455. The quantitative estimate of drug-likeness (QED) is 0.0559. The number of hydrogen-bond donors (Lipinski definition) is 4. The van der Waals surface area contributed by atoms with E-state index in [2.05, 4.69) is 19.3 Å². The summed E-state index contributed by atoms with van der Waals surface area (Å²) in [4.78, 5) is 43.0. The topological polar surface area (TPSA) is 265 Å². The first kappa shape index (κ1) is 32.4. The number of aromatic amines is 1. The number of H-pyrrole nitrogens is 1. The minimum Gasteiger partial charge on any atom is -0.592 e. The highest BCUT2D eigenvalue weighted by molar-refractivity contribution is 7.65. The molecule has 43 heavy (non-hydrogen) atoms. The first-order valence-corrected chi connectivity index (χ1v) is 16.4. The number of aryl methyl sites for hydroxylation is 1. The average molecular weight is 646 g/mol. The highest BCUT2D eigenvalue weighted by atomic mass is 31.3. The molecule has 1 aliphatic rings. The summed E-state index contributed by atoms with van der Waals surface area (Å²) in [6, 6.07) is 5.65. The van der Waals surface area contributed by atoms with Gasteiger partial charge in [0.05, 0.1) is 18.6 Å². The Morgan fingerprint density at radius 1 is 1.30 bits per heavy atom. The van der Waals surface area contributed by atoms with Gasteiger partial charge in [-0.3, -0.25) is 33.6 Å². The van der Waals surface area contributed by atoms with Gasteiger partial charge in [0.2, 0.25) is 11.7 Å². The van der Waals surface area contributed by atoms with Gasteiger partial charge in [-0.05, 0) is 6.92 Å². The average Bonchev–Trinajstić information content (AvgIpc) is 3.36. The first-order chi connectivity index (χ1) is 20.0. The highest BCUT2D eigenvalue weighted by Crippen LogP contribution is 2.58. The van der Waals surface area contributed by atoms with Crippen LogP contribution in [0.3, 0.4) is 0 Å². The summed E-state index contributed by atoms with van der Waals surface area (Å²) in [5.74, 6) is -0.498. The van der Waals surface area contributed by atoms with E-state index in [9.17, 15) is 44.3 Å². The molecule has 0 amide bonds. The van der Waals surface area contributed by atoms with E-state index < -0.39 is 75.0 Å². The van der Waals surface area contributed by atoms with Crippen molar-refractivity contribution in [3.63, 3.8) is 0 Å². The number of rotatable bonds is 10. The van der Waals surface area contributed by atoms with Gasteiger partial charge in [0.1, 0.15) is 18.3 Å². The monoisotopic (exact) mass is 646 g/mol. The molecular formula is C22H28N6O13P2. The smallest absolute Gasteiger partial charge is 0.334 e. The van der Waals surface area contributed by atoms with E-state index >= 15 is 0 Å². The first-order valence-electron chi connectivity index (χ1n) is 12.4. The number of nitrogens with one attached hydrogen (secondary N) is 1. The van der Waals surface area contributed by atoms with Crippen LogP contribution in [0.5, 0.6) is 0 Å². The molecule has 2 aromatic heterocycles. The molecule has 19 nitrogen and oxygen atoms in total. The molecule has 1 fully saturated rings. The second kappa shape index (κ2) is 12.2. The maximum absolute atomic E-state index is 12.9. The molecule has 0 aliphatic carbocycles. The molecule has 0 bridgehead atoms. The normalized spacial score (nSPS) is 24.4. The molecule has 1 saturated heterocycles. The van der Waals surface area contributed by atoms with Crippen molar-refractivity contribution in [3.8, 4) is 0 Å². The molecule has 1 aliphatic heterocycles. The van der Waals surface area contributed by atoms with Crippen molar-refractivity contribution < 1.29 is 57.1 Å². The van der Waals surface area contributed by atoms with E-state index in [0.717, 1.165) is 13.3 Å². The summed E-state index contributed by atoms with van der Waals surface area (Å²) in [7, 11) is -6.73. The molecule has 0 spiro atoms. The Balaban J connectivity index is 1.59. The second-order valence-corrected chi connectivity index (χ2v) is 13.7. The van der Waals surface area contributed by atoms with Crippen LogP contribution in [0.1, 0.15) is 24.8 Å². The number of benzene rings is 1. The van der Waals surface area contributed by atoms with Crippen LogP contribution < -0.4 is 15.2 Å². The van der Waals surface area contributed by atoms with Crippen LogP contribution in [0.15, 0.2) is 40.4 Å². The number of fused-ring (bicyclic) bond motifs is 1. The van der Waals surface area contributed by atoms with Crippen LogP contribution in [0.4, 0.5) is 11.6 Å². The van der Waals surface area contributed by atoms with Crippen LogP contribution in [-0.4, -0.2) is 78.9 Å². The number of imidazole rings is 1. The number of aromatic nitrogens is 4. The predicted molar refractivity (Wildman–Crippen MR) is 143 cm³/mol. The minimum atomic E-state index is -4.17. The summed E-state index contributed by atoms with van der Waals surface area (Å²) < 4.78 is 46.8. The summed E-state index contributed by atoms with van der Waals surface area (Å²) in [5, 5.41) is 45.1. The molecule has 1 aromatic carbocycles. The molecule has 3 heterocycles. The lowest BCUT2D eigenvalue weighted by Gasteiger charge is -2.22. The lowest BCUT2D eigenvalue weighted by Crippen LogP contribution is -2.46. The molecule has 4 unspecified atom stereocenters. The molecule has 4 N–H and O–H groups in total. The van der Waals surface area contributed by atoms with Crippen molar-refractivity contribution in [2.45, 2.75) is 37.6 Å². The largest absolute Gasteiger partial charge is 0.592 e. The maximum Gasteiger partial charge on any atom is 0.334 e. The van der Waals surface area contributed by atoms with Gasteiger partial charge in [0, 0.05) is 31.1 Å². The van der Waals surface area contributed by atoms with E-state index in [4.69, 9.17) is 14.0 Å². The molecule has 7 atom stereocenters. The Hall–Kier alpha value is -3.54. The molecule has 0 radical (unpaired) electrons. The summed E-state index contributed by atoms with van der Waals surface area (Å²) in [6.07, 6.45) is -6.85.